The number of hydrogen-bond donors (Lipinski definition) is 1. The highest BCUT2D eigenvalue weighted by Crippen LogP contribution is 2.31. The van der Waals surface area contributed by atoms with Crippen LogP contribution >= 0.6 is 12.8 Å². The molecule has 0 N–H and O–H groups in total. The first-order valence-corrected chi connectivity index (χ1v) is 10.5. The van der Waals surface area contributed by atoms with Crippen LogP contribution < -0.4 is 0 Å². The molecule has 1 aromatic carbocycles. The first kappa shape index (κ1) is 18.2. The van der Waals surface area contributed by atoms with Gasteiger partial charge in [-0.3, -0.25) is 8.77 Å². The molecular weight excluding hydrogens is 382 g/mol. The summed E-state index contributed by atoms with van der Waals surface area (Å²) in [4.78, 5) is 16.4. The van der Waals surface area contributed by atoms with E-state index in [0.717, 1.165) is 29.4 Å². The summed E-state index contributed by atoms with van der Waals surface area (Å²) in [6.45, 7) is 2.65. The number of fused-ring (bicyclic) bond motifs is 1. The number of pyridine rings is 1. The normalized spacial score (nSPS) is 15.5. The fraction of sp³-hybridized carbons (Fsp3) is 0.263. The fourth-order valence-electron chi connectivity index (χ4n) is 3.47. The molecule has 0 atom stereocenters. The largest absolute Gasteiger partial charge is 0.293 e. The summed E-state index contributed by atoms with van der Waals surface area (Å²) < 4.78 is 28.4. The third-order valence-corrected chi connectivity index (χ3v) is 7.23. The third-order valence-electron chi connectivity index (χ3n) is 4.91. The molecule has 27 heavy (non-hydrogen) atoms. The molecular formula is C19H19N3O3S2. The van der Waals surface area contributed by atoms with Gasteiger partial charge in [-0.1, -0.05) is 24.9 Å². The van der Waals surface area contributed by atoms with Gasteiger partial charge in [0, 0.05) is 31.6 Å². The summed E-state index contributed by atoms with van der Waals surface area (Å²) in [5.41, 5.74) is 2.79. The zero-order valence-electron chi connectivity index (χ0n) is 14.8. The second kappa shape index (κ2) is 6.78. The first-order chi connectivity index (χ1) is 12.9. The Labute approximate surface area is 163 Å². The van der Waals surface area contributed by atoms with Gasteiger partial charge in [0.2, 0.25) is 10.0 Å². The Morgan fingerprint density at radius 2 is 1.78 bits per heavy atom. The van der Waals surface area contributed by atoms with Gasteiger partial charge in [-0.2, -0.15) is 4.31 Å². The average molecular weight is 402 g/mol. The number of sulfonamides is 1. The van der Waals surface area contributed by atoms with Gasteiger partial charge < -0.3 is 0 Å². The Balaban J connectivity index is 1.76. The highest BCUT2D eigenvalue weighted by Gasteiger charge is 2.27. The number of nitrogens with zero attached hydrogens (tertiary/aromatic N) is 3. The van der Waals surface area contributed by atoms with Crippen molar-refractivity contribution in [3.05, 3.63) is 48.3 Å². The van der Waals surface area contributed by atoms with Crippen molar-refractivity contribution >= 4 is 39.7 Å². The minimum absolute atomic E-state index is 0.0963. The van der Waals surface area contributed by atoms with E-state index in [4.69, 9.17) is 0 Å². The van der Waals surface area contributed by atoms with Crippen molar-refractivity contribution in [2.24, 2.45) is 0 Å². The van der Waals surface area contributed by atoms with Gasteiger partial charge in [-0.15, -0.1) is 0 Å². The maximum atomic E-state index is 12.7. The number of aromatic nitrogens is 2. The van der Waals surface area contributed by atoms with Crippen LogP contribution in [0.25, 0.3) is 22.2 Å². The molecule has 1 saturated heterocycles. The Morgan fingerprint density at radius 3 is 2.41 bits per heavy atom. The molecule has 3 heterocycles. The van der Waals surface area contributed by atoms with E-state index in [-0.39, 0.29) is 5.78 Å². The molecule has 0 aliphatic carbocycles. The van der Waals surface area contributed by atoms with Crippen molar-refractivity contribution in [1.29, 1.82) is 0 Å². The van der Waals surface area contributed by atoms with E-state index in [1.165, 1.54) is 15.2 Å². The Hall–Kier alpha value is -2.16. The first-order valence-electron chi connectivity index (χ1n) is 8.71. The molecule has 1 aliphatic rings. The minimum atomic E-state index is -3.43. The van der Waals surface area contributed by atoms with Gasteiger partial charge in [0.1, 0.15) is 0 Å². The predicted molar refractivity (Wildman–Crippen MR) is 108 cm³/mol. The molecule has 0 unspecified atom stereocenters. The number of hydrogen-bond acceptors (Lipinski definition) is 5. The van der Waals surface area contributed by atoms with Crippen molar-refractivity contribution in [2.45, 2.75) is 24.7 Å². The second-order valence-electron chi connectivity index (χ2n) is 6.63. The van der Waals surface area contributed by atoms with Crippen molar-refractivity contribution in [1.82, 2.24) is 13.3 Å². The Kier molecular flexibility index (Phi) is 4.57. The molecule has 4 rings (SSSR count). The maximum Gasteiger partial charge on any atom is 0.243 e. The minimum Gasteiger partial charge on any atom is -0.293 e. The van der Waals surface area contributed by atoms with Gasteiger partial charge >= 0.3 is 0 Å². The maximum absolute atomic E-state index is 12.7. The van der Waals surface area contributed by atoms with Crippen LogP contribution in [-0.4, -0.2) is 40.6 Å². The topological polar surface area (TPSA) is 72.3 Å². The summed E-state index contributed by atoms with van der Waals surface area (Å²) in [5, 5.41) is 0.799. The molecule has 3 aromatic rings. The Morgan fingerprint density at radius 1 is 1.11 bits per heavy atom. The van der Waals surface area contributed by atoms with Crippen LogP contribution in [-0.2, 0) is 10.0 Å². The summed E-state index contributed by atoms with van der Waals surface area (Å²) in [5.74, 6) is -0.0963. The van der Waals surface area contributed by atoms with Crippen LogP contribution in [0, 0.1) is 0 Å². The summed E-state index contributed by atoms with van der Waals surface area (Å²) in [7, 11) is -3.43. The van der Waals surface area contributed by atoms with Gasteiger partial charge in [0.25, 0.3) is 0 Å². The van der Waals surface area contributed by atoms with E-state index in [0.29, 0.717) is 29.3 Å². The molecule has 6 nitrogen and oxygen atoms in total. The number of Topliss-reactive ketones (excluding diaryl/α,β-unsaturated/α-hetero) is 1. The smallest absolute Gasteiger partial charge is 0.243 e. The lowest BCUT2D eigenvalue weighted by Crippen LogP contribution is -2.27. The predicted octanol–water partition coefficient (Wildman–Crippen LogP) is 3.38. The van der Waals surface area contributed by atoms with Crippen LogP contribution in [0.1, 0.15) is 30.3 Å². The molecule has 0 radical (unpaired) electrons. The average Bonchev–Trinajstić information content (AvgIpc) is 3.31. The standard InChI is InChI=1S/C19H19N3O3S2/c1-13(23)18-12-17-16(8-9-20-19(17)22(18)26)14-4-6-15(7-5-14)27(24,25)21-10-2-3-11-21/h4-9,12,26H,2-3,10-11H2,1H3. The number of benzene rings is 1. The SMILES string of the molecule is CC(=O)c1cc2c(-c3ccc(S(=O)(=O)N4CCCC4)cc3)ccnc2n1S. The van der Waals surface area contributed by atoms with Crippen LogP contribution in [0.2, 0.25) is 0 Å². The molecule has 1 fully saturated rings. The monoisotopic (exact) mass is 401 g/mol. The van der Waals surface area contributed by atoms with E-state index in [1.54, 1.807) is 36.5 Å². The van der Waals surface area contributed by atoms with E-state index >= 15 is 0 Å². The van der Waals surface area contributed by atoms with Gasteiger partial charge in [0.05, 0.1) is 10.6 Å². The zero-order valence-corrected chi connectivity index (χ0v) is 16.5. The molecule has 8 heteroatoms. The lowest BCUT2D eigenvalue weighted by Gasteiger charge is -2.15. The number of ketones is 1. The van der Waals surface area contributed by atoms with E-state index < -0.39 is 10.0 Å². The molecule has 1 aliphatic heterocycles. The van der Waals surface area contributed by atoms with Crippen molar-refractivity contribution in [3.63, 3.8) is 0 Å². The highest BCUT2D eigenvalue weighted by atomic mass is 32.2. The number of thiol groups is 1. The van der Waals surface area contributed by atoms with Gasteiger partial charge in [0.15, 0.2) is 11.4 Å². The van der Waals surface area contributed by atoms with Crippen LogP contribution in [0.5, 0.6) is 0 Å². The quantitative estimate of drug-likeness (QED) is 0.537. The molecule has 0 amide bonds. The fourth-order valence-corrected chi connectivity index (χ4v) is 5.35. The highest BCUT2D eigenvalue weighted by molar-refractivity contribution is 7.89. The van der Waals surface area contributed by atoms with Crippen molar-refractivity contribution in [3.8, 4) is 11.1 Å². The van der Waals surface area contributed by atoms with Crippen LogP contribution in [0.3, 0.4) is 0 Å². The van der Waals surface area contributed by atoms with Crippen molar-refractivity contribution in [2.75, 3.05) is 13.1 Å². The molecule has 0 bridgehead atoms. The van der Waals surface area contributed by atoms with Crippen molar-refractivity contribution < 1.29 is 13.2 Å². The molecule has 2 aromatic heterocycles. The van der Waals surface area contributed by atoms with Gasteiger partial charge in [-0.25, -0.2) is 13.4 Å². The molecule has 0 spiro atoms. The van der Waals surface area contributed by atoms with Crippen LogP contribution in [0.4, 0.5) is 0 Å². The van der Waals surface area contributed by atoms with E-state index in [2.05, 4.69) is 17.8 Å². The zero-order chi connectivity index (χ0) is 19.2. The second-order valence-corrected chi connectivity index (χ2v) is 8.97. The lowest BCUT2D eigenvalue weighted by atomic mass is 10.0. The lowest BCUT2D eigenvalue weighted by molar-refractivity contribution is 0.101. The summed E-state index contributed by atoms with van der Waals surface area (Å²) in [6, 6.07) is 10.5. The Bertz CT molecular complexity index is 1130. The van der Waals surface area contributed by atoms with E-state index in [1.807, 2.05) is 6.07 Å². The third kappa shape index (κ3) is 3.07. The van der Waals surface area contributed by atoms with E-state index in [9.17, 15) is 13.2 Å². The number of carbonyl (C=O) groups is 1. The molecule has 140 valence electrons. The van der Waals surface area contributed by atoms with Gasteiger partial charge in [-0.05, 0) is 48.2 Å². The summed E-state index contributed by atoms with van der Waals surface area (Å²) in [6.07, 6.45) is 3.47. The number of rotatable bonds is 4. The van der Waals surface area contributed by atoms with Crippen LogP contribution in [0.15, 0.2) is 47.5 Å². The summed E-state index contributed by atoms with van der Waals surface area (Å²) >= 11 is 4.37. The number of carbonyl (C=O) groups excluding carboxylic acids is 1. The molecule has 0 saturated carbocycles.